The predicted molar refractivity (Wildman–Crippen MR) is 73.3 cm³/mol. The molecule has 4 heteroatoms. The van der Waals surface area contributed by atoms with Crippen molar-refractivity contribution < 1.29 is 9.53 Å². The van der Waals surface area contributed by atoms with Gasteiger partial charge in [-0.15, -0.1) is 0 Å². The summed E-state index contributed by atoms with van der Waals surface area (Å²) in [7, 11) is 0. The van der Waals surface area contributed by atoms with E-state index in [1.54, 1.807) is 0 Å². The first-order valence-electron chi connectivity index (χ1n) is 6.81. The molecule has 2 unspecified atom stereocenters. The van der Waals surface area contributed by atoms with Gasteiger partial charge >= 0.3 is 6.09 Å². The maximum absolute atomic E-state index is 11.6. The third kappa shape index (κ3) is 5.25. The minimum absolute atomic E-state index is 0.188. The number of rotatable bonds is 2. The number of alkyl carbamates (subject to hydrolysis) is 1. The number of nitrogens with one attached hydrogen (secondary N) is 1. The Morgan fingerprint density at radius 2 is 2.06 bits per heavy atom. The molecule has 0 aromatic rings. The summed E-state index contributed by atoms with van der Waals surface area (Å²) >= 11 is 0. The molecular formula is C14H28N2O2. The summed E-state index contributed by atoms with van der Waals surface area (Å²) in [5.74, 6) is 0.348. The van der Waals surface area contributed by atoms with Crippen molar-refractivity contribution in [2.24, 2.45) is 17.1 Å². The van der Waals surface area contributed by atoms with Crippen molar-refractivity contribution in [1.82, 2.24) is 5.32 Å². The van der Waals surface area contributed by atoms with Crippen LogP contribution in [0.25, 0.3) is 0 Å². The highest BCUT2D eigenvalue weighted by atomic mass is 16.6. The lowest BCUT2D eigenvalue weighted by Crippen LogP contribution is -2.45. The molecule has 0 aromatic heterocycles. The van der Waals surface area contributed by atoms with Gasteiger partial charge in [0.1, 0.15) is 5.60 Å². The second kappa shape index (κ2) is 5.47. The molecule has 0 heterocycles. The van der Waals surface area contributed by atoms with Gasteiger partial charge in [-0.3, -0.25) is 0 Å². The van der Waals surface area contributed by atoms with E-state index in [1.807, 2.05) is 20.8 Å². The van der Waals surface area contributed by atoms with E-state index < -0.39 is 5.60 Å². The first kappa shape index (κ1) is 15.3. The lowest BCUT2D eigenvalue weighted by molar-refractivity contribution is 0.0499. The van der Waals surface area contributed by atoms with Crippen LogP contribution in [0, 0.1) is 11.3 Å². The Kier molecular flexibility index (Phi) is 4.65. The second-order valence-corrected chi connectivity index (χ2v) is 7.21. The minimum Gasteiger partial charge on any atom is -0.444 e. The topological polar surface area (TPSA) is 64.3 Å². The molecule has 1 rings (SSSR count). The Bertz CT molecular complexity index is 295. The van der Waals surface area contributed by atoms with E-state index in [4.69, 9.17) is 10.5 Å². The van der Waals surface area contributed by atoms with Crippen LogP contribution < -0.4 is 11.1 Å². The van der Waals surface area contributed by atoms with E-state index in [1.165, 1.54) is 0 Å². The molecule has 106 valence electrons. The third-order valence-corrected chi connectivity index (χ3v) is 3.48. The van der Waals surface area contributed by atoms with Crippen molar-refractivity contribution in [1.29, 1.82) is 0 Å². The number of amides is 1. The molecule has 1 saturated carbocycles. The molecule has 3 N–H and O–H groups in total. The zero-order chi connectivity index (χ0) is 14.0. The Morgan fingerprint density at radius 1 is 1.44 bits per heavy atom. The summed E-state index contributed by atoms with van der Waals surface area (Å²) in [6.45, 7) is 10.7. The van der Waals surface area contributed by atoms with E-state index in [-0.39, 0.29) is 12.1 Å². The molecule has 4 nitrogen and oxygen atoms in total. The quantitative estimate of drug-likeness (QED) is 0.798. The molecule has 1 amide bonds. The van der Waals surface area contributed by atoms with E-state index >= 15 is 0 Å². The fourth-order valence-corrected chi connectivity index (χ4v) is 2.51. The average molecular weight is 256 g/mol. The number of carbonyl (C=O) groups excluding carboxylic acids is 1. The standard InChI is InChI=1S/C14H28N2O2/c1-13(2,3)18-12(17)16-9-10-8-14(4,5)7-6-11(10)15/h10-11H,6-9,15H2,1-5H3,(H,16,17). The van der Waals surface area contributed by atoms with Gasteiger partial charge in [-0.2, -0.15) is 0 Å². The molecule has 1 fully saturated rings. The van der Waals surface area contributed by atoms with Crippen LogP contribution in [0.5, 0.6) is 0 Å². The van der Waals surface area contributed by atoms with Gasteiger partial charge in [0.05, 0.1) is 0 Å². The molecule has 18 heavy (non-hydrogen) atoms. The van der Waals surface area contributed by atoms with E-state index in [2.05, 4.69) is 19.2 Å². The normalized spacial score (nSPS) is 27.7. The van der Waals surface area contributed by atoms with Gasteiger partial charge in [0.15, 0.2) is 0 Å². The van der Waals surface area contributed by atoms with Crippen LogP contribution in [0.4, 0.5) is 4.79 Å². The van der Waals surface area contributed by atoms with Gasteiger partial charge in [0.2, 0.25) is 0 Å². The first-order chi connectivity index (χ1) is 8.09. The van der Waals surface area contributed by atoms with Crippen molar-refractivity contribution in [2.45, 2.75) is 65.5 Å². The number of carbonyl (C=O) groups is 1. The Hall–Kier alpha value is -0.770. The van der Waals surface area contributed by atoms with Crippen LogP contribution in [-0.2, 0) is 4.74 Å². The van der Waals surface area contributed by atoms with Crippen molar-refractivity contribution >= 4 is 6.09 Å². The summed E-state index contributed by atoms with van der Waals surface area (Å²) in [4.78, 5) is 11.6. The van der Waals surface area contributed by atoms with Crippen molar-refractivity contribution in [2.75, 3.05) is 6.54 Å². The highest BCUT2D eigenvalue weighted by Crippen LogP contribution is 2.37. The van der Waals surface area contributed by atoms with Gasteiger partial charge < -0.3 is 15.8 Å². The van der Waals surface area contributed by atoms with Gasteiger partial charge in [0, 0.05) is 12.6 Å². The summed E-state index contributed by atoms with van der Waals surface area (Å²) < 4.78 is 5.23. The first-order valence-corrected chi connectivity index (χ1v) is 6.81. The molecule has 0 aromatic carbocycles. The summed E-state index contributed by atoms with van der Waals surface area (Å²) in [5, 5.41) is 2.84. The van der Waals surface area contributed by atoms with Crippen LogP contribution in [0.1, 0.15) is 53.9 Å². The lowest BCUT2D eigenvalue weighted by Gasteiger charge is -2.39. The number of nitrogens with two attached hydrogens (primary N) is 1. The summed E-state index contributed by atoms with van der Waals surface area (Å²) in [6.07, 6.45) is 2.91. The lowest BCUT2D eigenvalue weighted by atomic mass is 9.70. The van der Waals surface area contributed by atoms with E-state index in [0.717, 1.165) is 19.3 Å². The Morgan fingerprint density at radius 3 is 2.61 bits per heavy atom. The van der Waals surface area contributed by atoms with Gasteiger partial charge in [0.25, 0.3) is 0 Å². The zero-order valence-electron chi connectivity index (χ0n) is 12.4. The van der Waals surface area contributed by atoms with Gasteiger partial charge in [-0.25, -0.2) is 4.79 Å². The van der Waals surface area contributed by atoms with Crippen molar-refractivity contribution in [3.8, 4) is 0 Å². The third-order valence-electron chi connectivity index (χ3n) is 3.48. The fraction of sp³-hybridized carbons (Fsp3) is 0.929. The summed E-state index contributed by atoms with van der Waals surface area (Å²) in [6, 6.07) is 0.188. The van der Waals surface area contributed by atoms with E-state index in [9.17, 15) is 4.79 Å². The molecule has 0 aliphatic heterocycles. The maximum atomic E-state index is 11.6. The summed E-state index contributed by atoms with van der Waals surface area (Å²) in [5.41, 5.74) is 6.00. The van der Waals surface area contributed by atoms with Crippen LogP contribution >= 0.6 is 0 Å². The smallest absolute Gasteiger partial charge is 0.407 e. The highest BCUT2D eigenvalue weighted by Gasteiger charge is 2.33. The number of hydrogen-bond donors (Lipinski definition) is 2. The largest absolute Gasteiger partial charge is 0.444 e. The molecule has 0 spiro atoms. The maximum Gasteiger partial charge on any atom is 0.407 e. The van der Waals surface area contributed by atoms with Gasteiger partial charge in [-0.05, 0) is 51.4 Å². The second-order valence-electron chi connectivity index (χ2n) is 7.21. The van der Waals surface area contributed by atoms with Crippen LogP contribution in [0.2, 0.25) is 0 Å². The molecule has 0 bridgehead atoms. The highest BCUT2D eigenvalue weighted by molar-refractivity contribution is 5.67. The van der Waals surface area contributed by atoms with Crippen molar-refractivity contribution in [3.05, 3.63) is 0 Å². The molecule has 1 aliphatic rings. The van der Waals surface area contributed by atoms with Crippen LogP contribution in [0.15, 0.2) is 0 Å². The fourth-order valence-electron chi connectivity index (χ4n) is 2.51. The van der Waals surface area contributed by atoms with Crippen LogP contribution in [0.3, 0.4) is 0 Å². The molecular weight excluding hydrogens is 228 g/mol. The Balaban J connectivity index is 2.40. The molecule has 2 atom stereocenters. The van der Waals surface area contributed by atoms with Gasteiger partial charge in [-0.1, -0.05) is 13.8 Å². The number of hydrogen-bond acceptors (Lipinski definition) is 3. The van der Waals surface area contributed by atoms with Crippen LogP contribution in [-0.4, -0.2) is 24.3 Å². The SMILES string of the molecule is CC1(C)CCC(N)C(CNC(=O)OC(C)(C)C)C1. The predicted octanol–water partition coefficient (Wildman–Crippen LogP) is 2.66. The average Bonchev–Trinajstić information content (AvgIpc) is 2.17. The zero-order valence-corrected chi connectivity index (χ0v) is 12.4. The number of ether oxygens (including phenoxy) is 1. The Labute approximate surface area is 111 Å². The van der Waals surface area contributed by atoms with Crippen molar-refractivity contribution in [3.63, 3.8) is 0 Å². The minimum atomic E-state index is -0.446. The molecule has 0 radical (unpaired) electrons. The monoisotopic (exact) mass is 256 g/mol. The van der Waals surface area contributed by atoms with E-state index in [0.29, 0.717) is 17.9 Å². The molecule has 0 saturated heterocycles. The molecule has 1 aliphatic carbocycles.